The molecule has 0 spiro atoms. The third-order valence-electron chi connectivity index (χ3n) is 6.00. The van der Waals surface area contributed by atoms with Gasteiger partial charge in [-0.3, -0.25) is 4.90 Å². The molecule has 3 nitrogen and oxygen atoms in total. The first-order valence-electron chi connectivity index (χ1n) is 10.6. The lowest BCUT2D eigenvalue weighted by Crippen LogP contribution is -2.54. The molecule has 1 aromatic rings. The van der Waals surface area contributed by atoms with Crippen molar-refractivity contribution in [3.05, 3.63) is 29.3 Å². The van der Waals surface area contributed by atoms with Crippen molar-refractivity contribution in [2.45, 2.75) is 75.8 Å². The summed E-state index contributed by atoms with van der Waals surface area (Å²) in [7, 11) is 0. The Labute approximate surface area is 183 Å². The predicted molar refractivity (Wildman–Crippen MR) is 112 cm³/mol. The van der Waals surface area contributed by atoms with Crippen LogP contribution in [0, 0.1) is 0 Å². The van der Waals surface area contributed by atoms with Crippen LogP contribution in [0.3, 0.4) is 0 Å². The molecule has 0 amide bonds. The number of thiocarbonyl (C=S) groups is 1. The second kappa shape index (κ2) is 9.94. The Hall–Kier alpha value is -1.55. The van der Waals surface area contributed by atoms with Gasteiger partial charge >= 0.3 is 12.4 Å². The minimum Gasteiger partial charge on any atom is -0.358 e. The smallest absolute Gasteiger partial charge is 0.358 e. The zero-order valence-electron chi connectivity index (χ0n) is 17.1. The van der Waals surface area contributed by atoms with E-state index in [0.29, 0.717) is 12.1 Å². The van der Waals surface area contributed by atoms with Crippen LogP contribution in [-0.4, -0.2) is 35.2 Å². The summed E-state index contributed by atoms with van der Waals surface area (Å²) in [6.07, 6.45) is -1.14. The molecular weight excluding hydrogens is 440 g/mol. The SMILES string of the molecule is FC(F)(F)c1cc(NC(=S)N[C@@H]2CCCC[C@H]2N2CCCCCC2)cc(C(F)(F)F)c1. The molecule has 0 aromatic heterocycles. The van der Waals surface area contributed by atoms with E-state index in [-0.39, 0.29) is 28.9 Å². The summed E-state index contributed by atoms with van der Waals surface area (Å²) in [6.45, 7) is 2.01. The van der Waals surface area contributed by atoms with Crippen molar-refractivity contribution < 1.29 is 26.3 Å². The summed E-state index contributed by atoms with van der Waals surface area (Å²) >= 11 is 5.27. The number of halogens is 6. The van der Waals surface area contributed by atoms with Gasteiger partial charge in [-0.15, -0.1) is 0 Å². The van der Waals surface area contributed by atoms with Gasteiger partial charge in [0.2, 0.25) is 0 Å². The molecule has 0 unspecified atom stereocenters. The standard InChI is InChI=1S/C21H27F6N3S/c22-20(23,24)14-11-15(21(25,26)27)13-16(12-14)28-19(31)29-17-7-3-4-8-18(17)30-9-5-1-2-6-10-30/h11-13,17-18H,1-10H2,(H2,28,29,31)/t17-,18-/m1/s1. The Morgan fingerprint density at radius 2 is 1.35 bits per heavy atom. The number of nitrogens with zero attached hydrogens (tertiary/aromatic N) is 1. The molecule has 1 heterocycles. The van der Waals surface area contributed by atoms with Crippen molar-refractivity contribution in [2.24, 2.45) is 0 Å². The second-order valence-corrected chi connectivity index (χ2v) is 8.71. The second-order valence-electron chi connectivity index (χ2n) is 8.30. The number of benzene rings is 1. The molecule has 31 heavy (non-hydrogen) atoms. The Morgan fingerprint density at radius 3 is 1.90 bits per heavy atom. The van der Waals surface area contributed by atoms with Gasteiger partial charge in [-0.1, -0.05) is 25.7 Å². The highest BCUT2D eigenvalue weighted by Gasteiger charge is 2.37. The first-order valence-corrected chi connectivity index (χ1v) is 11.1. The van der Waals surface area contributed by atoms with Crippen molar-refractivity contribution in [3.8, 4) is 0 Å². The lowest BCUT2D eigenvalue weighted by atomic mass is 9.89. The summed E-state index contributed by atoms with van der Waals surface area (Å²) in [5, 5.41) is 5.76. The van der Waals surface area contributed by atoms with Crippen LogP contribution >= 0.6 is 12.2 Å². The molecule has 2 aliphatic rings. The van der Waals surface area contributed by atoms with Crippen LogP contribution in [0.2, 0.25) is 0 Å². The van der Waals surface area contributed by atoms with Gasteiger partial charge in [0, 0.05) is 17.8 Å². The fraction of sp³-hybridized carbons (Fsp3) is 0.667. The van der Waals surface area contributed by atoms with E-state index < -0.39 is 23.5 Å². The van der Waals surface area contributed by atoms with E-state index in [0.717, 1.165) is 51.6 Å². The van der Waals surface area contributed by atoms with E-state index in [9.17, 15) is 26.3 Å². The van der Waals surface area contributed by atoms with Gasteiger partial charge in [-0.25, -0.2) is 0 Å². The first-order chi connectivity index (χ1) is 14.5. The lowest BCUT2D eigenvalue weighted by molar-refractivity contribution is -0.143. The molecule has 2 atom stereocenters. The van der Waals surface area contributed by atoms with Gasteiger partial charge in [0.1, 0.15) is 0 Å². The van der Waals surface area contributed by atoms with E-state index in [2.05, 4.69) is 15.5 Å². The van der Waals surface area contributed by atoms with Crippen molar-refractivity contribution in [2.75, 3.05) is 18.4 Å². The fourth-order valence-corrected chi connectivity index (χ4v) is 4.78. The maximum absolute atomic E-state index is 13.1. The zero-order valence-corrected chi connectivity index (χ0v) is 17.9. The van der Waals surface area contributed by atoms with E-state index in [1.165, 1.54) is 12.8 Å². The van der Waals surface area contributed by atoms with Crippen LogP contribution in [0.25, 0.3) is 0 Å². The van der Waals surface area contributed by atoms with Crippen molar-refractivity contribution in [1.29, 1.82) is 0 Å². The molecular formula is C21H27F6N3S. The van der Waals surface area contributed by atoms with Crippen molar-refractivity contribution in [3.63, 3.8) is 0 Å². The molecule has 1 saturated heterocycles. The molecule has 1 aliphatic heterocycles. The molecule has 2 N–H and O–H groups in total. The molecule has 1 aromatic carbocycles. The number of hydrogen-bond acceptors (Lipinski definition) is 2. The summed E-state index contributed by atoms with van der Waals surface area (Å²) in [6, 6.07) is 1.68. The third-order valence-corrected chi connectivity index (χ3v) is 6.22. The lowest BCUT2D eigenvalue weighted by Gasteiger charge is -2.40. The predicted octanol–water partition coefficient (Wildman–Crippen LogP) is 6.20. The van der Waals surface area contributed by atoms with Gasteiger partial charge in [0.15, 0.2) is 5.11 Å². The maximum atomic E-state index is 13.1. The highest BCUT2D eigenvalue weighted by atomic mass is 32.1. The van der Waals surface area contributed by atoms with E-state index in [4.69, 9.17) is 12.2 Å². The quantitative estimate of drug-likeness (QED) is 0.409. The number of rotatable bonds is 3. The monoisotopic (exact) mass is 467 g/mol. The van der Waals surface area contributed by atoms with Gasteiger partial charge in [-0.05, 0) is 69.2 Å². The van der Waals surface area contributed by atoms with Crippen LogP contribution in [0.1, 0.15) is 62.5 Å². The number of hydrogen-bond donors (Lipinski definition) is 2. The normalized spacial score (nSPS) is 23.8. The van der Waals surface area contributed by atoms with Crippen LogP contribution in [0.15, 0.2) is 18.2 Å². The highest BCUT2D eigenvalue weighted by molar-refractivity contribution is 7.80. The average molecular weight is 468 g/mol. The molecule has 2 fully saturated rings. The average Bonchev–Trinajstić information content (AvgIpc) is 2.96. The Morgan fingerprint density at radius 1 is 0.806 bits per heavy atom. The highest BCUT2D eigenvalue weighted by Crippen LogP contribution is 2.37. The number of alkyl halides is 6. The molecule has 1 saturated carbocycles. The largest absolute Gasteiger partial charge is 0.416 e. The molecule has 0 radical (unpaired) electrons. The molecule has 0 bridgehead atoms. The number of anilines is 1. The van der Waals surface area contributed by atoms with Crippen LogP contribution in [0.4, 0.5) is 32.0 Å². The molecule has 1 aliphatic carbocycles. The van der Waals surface area contributed by atoms with Crippen molar-refractivity contribution in [1.82, 2.24) is 10.2 Å². The van der Waals surface area contributed by atoms with Crippen LogP contribution in [-0.2, 0) is 12.4 Å². The molecule has 10 heteroatoms. The van der Waals surface area contributed by atoms with Gasteiger partial charge in [0.05, 0.1) is 11.1 Å². The summed E-state index contributed by atoms with van der Waals surface area (Å²) in [5.41, 5.74) is -3.07. The summed E-state index contributed by atoms with van der Waals surface area (Å²) < 4.78 is 78.5. The van der Waals surface area contributed by atoms with Crippen LogP contribution in [0.5, 0.6) is 0 Å². The number of nitrogens with one attached hydrogen (secondary N) is 2. The van der Waals surface area contributed by atoms with Crippen LogP contribution < -0.4 is 10.6 Å². The minimum atomic E-state index is -4.89. The van der Waals surface area contributed by atoms with E-state index in [1.54, 1.807) is 0 Å². The molecule has 174 valence electrons. The summed E-state index contributed by atoms with van der Waals surface area (Å²) in [4.78, 5) is 2.46. The Balaban J connectivity index is 1.73. The summed E-state index contributed by atoms with van der Waals surface area (Å²) in [5.74, 6) is 0. The van der Waals surface area contributed by atoms with Gasteiger partial charge in [0.25, 0.3) is 0 Å². The molecule has 3 rings (SSSR count). The maximum Gasteiger partial charge on any atom is 0.416 e. The van der Waals surface area contributed by atoms with Gasteiger partial charge < -0.3 is 10.6 Å². The topological polar surface area (TPSA) is 27.3 Å². The van der Waals surface area contributed by atoms with E-state index >= 15 is 0 Å². The zero-order chi connectivity index (χ0) is 22.6. The Kier molecular flexibility index (Phi) is 7.72. The Bertz CT molecular complexity index is 724. The third kappa shape index (κ3) is 6.71. The first kappa shape index (κ1) is 24.1. The minimum absolute atomic E-state index is 0.0136. The fourth-order valence-electron chi connectivity index (χ4n) is 4.51. The van der Waals surface area contributed by atoms with Gasteiger partial charge in [-0.2, -0.15) is 26.3 Å². The van der Waals surface area contributed by atoms with Crippen molar-refractivity contribution >= 4 is 23.0 Å². The number of likely N-dealkylation sites (tertiary alicyclic amines) is 1. The van der Waals surface area contributed by atoms with E-state index in [1.807, 2.05) is 0 Å².